The van der Waals surface area contributed by atoms with Gasteiger partial charge in [0.25, 0.3) is 0 Å². The van der Waals surface area contributed by atoms with Crippen LogP contribution in [0.4, 0.5) is 5.69 Å². The van der Waals surface area contributed by atoms with Crippen molar-refractivity contribution in [2.45, 2.75) is 25.3 Å². The standard InChI is InChI=1S/C25H32N6O/c1-27-21-8-6-18(16-31(2)17-21)4-3-5-19-14-22(9-10-23(19)26)32-25-11-7-20(15-28-25)24-12-13-29-30-24/h3,5,7,9-15,18,21,27H,4,6,8,16-17,26H2,1-2H3,(H,29,30)/b5-3-. The molecule has 0 spiro atoms. The number of nitrogen functional groups attached to an aromatic ring is 1. The summed E-state index contributed by atoms with van der Waals surface area (Å²) in [7, 11) is 4.26. The number of anilines is 1. The zero-order valence-corrected chi connectivity index (χ0v) is 18.8. The number of likely N-dealkylation sites (tertiary alicyclic amines) is 1. The lowest BCUT2D eigenvalue weighted by atomic mass is 9.97. The third-order valence-electron chi connectivity index (χ3n) is 6.03. The van der Waals surface area contributed by atoms with Gasteiger partial charge < -0.3 is 20.7 Å². The Kier molecular flexibility index (Phi) is 7.19. The van der Waals surface area contributed by atoms with Crippen LogP contribution in [0.25, 0.3) is 17.3 Å². The molecule has 1 saturated heterocycles. The molecule has 0 amide bonds. The molecule has 4 rings (SSSR count). The summed E-state index contributed by atoms with van der Waals surface area (Å²) in [5, 5.41) is 10.3. The van der Waals surface area contributed by atoms with Crippen molar-refractivity contribution in [3.8, 4) is 22.9 Å². The van der Waals surface area contributed by atoms with E-state index in [9.17, 15) is 0 Å². The zero-order valence-electron chi connectivity index (χ0n) is 18.8. The summed E-state index contributed by atoms with van der Waals surface area (Å²) in [5.41, 5.74) is 9.80. The maximum absolute atomic E-state index is 6.21. The predicted molar refractivity (Wildman–Crippen MR) is 129 cm³/mol. The molecule has 2 unspecified atom stereocenters. The monoisotopic (exact) mass is 432 g/mol. The Bertz CT molecular complexity index is 1020. The van der Waals surface area contributed by atoms with E-state index in [2.05, 4.69) is 51.6 Å². The summed E-state index contributed by atoms with van der Waals surface area (Å²) in [4.78, 5) is 6.84. The molecule has 4 N–H and O–H groups in total. The molecule has 1 aromatic carbocycles. The van der Waals surface area contributed by atoms with Gasteiger partial charge in [0.1, 0.15) is 5.75 Å². The van der Waals surface area contributed by atoms with Gasteiger partial charge in [-0.2, -0.15) is 5.10 Å². The van der Waals surface area contributed by atoms with E-state index in [4.69, 9.17) is 10.5 Å². The van der Waals surface area contributed by atoms with E-state index in [0.717, 1.165) is 42.0 Å². The Morgan fingerprint density at radius 2 is 2.12 bits per heavy atom. The number of likely N-dealkylation sites (N-methyl/N-ethyl adjacent to an activating group) is 2. The Labute approximate surface area is 189 Å². The minimum Gasteiger partial charge on any atom is -0.439 e. The summed E-state index contributed by atoms with van der Waals surface area (Å²) >= 11 is 0. The lowest BCUT2D eigenvalue weighted by Crippen LogP contribution is -2.36. The first-order chi connectivity index (χ1) is 15.6. The fraction of sp³-hybridized carbons (Fsp3) is 0.360. The average Bonchev–Trinajstić information content (AvgIpc) is 3.27. The van der Waals surface area contributed by atoms with Gasteiger partial charge in [0.15, 0.2) is 0 Å². The molecule has 1 aliphatic rings. The first-order valence-corrected chi connectivity index (χ1v) is 11.2. The summed E-state index contributed by atoms with van der Waals surface area (Å²) in [5.74, 6) is 1.91. The second-order valence-electron chi connectivity index (χ2n) is 8.54. The Balaban J connectivity index is 1.38. The molecule has 0 aliphatic carbocycles. The van der Waals surface area contributed by atoms with Crippen molar-refractivity contribution in [2.75, 3.05) is 32.9 Å². The van der Waals surface area contributed by atoms with E-state index in [1.807, 2.05) is 36.4 Å². The van der Waals surface area contributed by atoms with Crippen LogP contribution in [0, 0.1) is 5.92 Å². The number of ether oxygens (including phenoxy) is 1. The van der Waals surface area contributed by atoms with Crippen molar-refractivity contribution >= 4 is 11.8 Å². The quantitative estimate of drug-likeness (QED) is 0.485. The van der Waals surface area contributed by atoms with Crippen LogP contribution >= 0.6 is 0 Å². The van der Waals surface area contributed by atoms with E-state index in [1.54, 1.807) is 12.4 Å². The van der Waals surface area contributed by atoms with Gasteiger partial charge in [-0.05, 0) is 69.6 Å². The molecule has 3 heterocycles. The summed E-state index contributed by atoms with van der Waals surface area (Å²) in [6, 6.07) is 12.0. The highest BCUT2D eigenvalue weighted by Gasteiger charge is 2.20. The number of nitrogens with zero attached hydrogens (tertiary/aromatic N) is 3. The minimum atomic E-state index is 0.536. The van der Waals surface area contributed by atoms with Gasteiger partial charge in [-0.3, -0.25) is 5.10 Å². The van der Waals surface area contributed by atoms with Gasteiger partial charge >= 0.3 is 0 Å². The molecular formula is C25H32N6O. The molecule has 3 aromatic rings. The highest BCUT2D eigenvalue weighted by atomic mass is 16.5. The number of nitrogens with two attached hydrogens (primary N) is 1. The third kappa shape index (κ3) is 5.75. The van der Waals surface area contributed by atoms with Crippen molar-refractivity contribution in [3.05, 3.63) is 60.4 Å². The molecule has 7 nitrogen and oxygen atoms in total. The van der Waals surface area contributed by atoms with Gasteiger partial charge in [-0.25, -0.2) is 4.98 Å². The SMILES string of the molecule is CNC1CCC(C/C=C\c2cc(Oc3ccc(-c4ccn[nH]4)cn3)ccc2N)CN(C)C1. The molecule has 168 valence electrons. The second-order valence-corrected chi connectivity index (χ2v) is 8.54. The van der Waals surface area contributed by atoms with Crippen LogP contribution in [0.2, 0.25) is 0 Å². The van der Waals surface area contributed by atoms with Crippen molar-refractivity contribution in [1.82, 2.24) is 25.4 Å². The Morgan fingerprint density at radius 1 is 1.22 bits per heavy atom. The lowest BCUT2D eigenvalue weighted by Gasteiger charge is -2.20. The van der Waals surface area contributed by atoms with Crippen molar-refractivity contribution in [3.63, 3.8) is 0 Å². The number of benzene rings is 1. The number of pyridine rings is 1. The maximum Gasteiger partial charge on any atom is 0.219 e. The van der Waals surface area contributed by atoms with Crippen LogP contribution in [0.5, 0.6) is 11.6 Å². The smallest absolute Gasteiger partial charge is 0.219 e. The summed E-state index contributed by atoms with van der Waals surface area (Å²) in [6.07, 6.45) is 11.3. The lowest BCUT2D eigenvalue weighted by molar-refractivity contribution is 0.286. The van der Waals surface area contributed by atoms with Crippen molar-refractivity contribution in [2.24, 2.45) is 5.92 Å². The maximum atomic E-state index is 6.21. The highest BCUT2D eigenvalue weighted by Crippen LogP contribution is 2.27. The number of hydrogen-bond acceptors (Lipinski definition) is 6. The van der Waals surface area contributed by atoms with Crippen LogP contribution in [0.1, 0.15) is 24.8 Å². The highest BCUT2D eigenvalue weighted by molar-refractivity contribution is 5.66. The van der Waals surface area contributed by atoms with E-state index in [-0.39, 0.29) is 0 Å². The van der Waals surface area contributed by atoms with Crippen LogP contribution < -0.4 is 15.8 Å². The van der Waals surface area contributed by atoms with Gasteiger partial charge in [-0.15, -0.1) is 0 Å². The number of H-pyrrole nitrogens is 1. The van der Waals surface area contributed by atoms with Crippen molar-refractivity contribution < 1.29 is 4.74 Å². The minimum absolute atomic E-state index is 0.536. The second kappa shape index (κ2) is 10.4. The predicted octanol–water partition coefficient (Wildman–Crippen LogP) is 4.18. The normalized spacial score (nSPS) is 19.8. The number of nitrogens with one attached hydrogen (secondary N) is 2. The molecule has 2 atom stereocenters. The third-order valence-corrected chi connectivity index (χ3v) is 6.03. The van der Waals surface area contributed by atoms with Crippen LogP contribution in [-0.4, -0.2) is 53.3 Å². The van der Waals surface area contributed by atoms with E-state index in [0.29, 0.717) is 23.6 Å². The number of hydrogen-bond donors (Lipinski definition) is 3. The molecule has 0 saturated carbocycles. The van der Waals surface area contributed by atoms with Gasteiger partial charge in [0.2, 0.25) is 5.88 Å². The molecule has 1 aliphatic heterocycles. The van der Waals surface area contributed by atoms with Gasteiger partial charge in [0.05, 0.1) is 5.69 Å². The molecule has 2 aromatic heterocycles. The molecule has 0 radical (unpaired) electrons. The Morgan fingerprint density at radius 3 is 2.88 bits per heavy atom. The number of allylic oxidation sites excluding steroid dienone is 1. The van der Waals surface area contributed by atoms with Crippen molar-refractivity contribution in [1.29, 1.82) is 0 Å². The van der Waals surface area contributed by atoms with E-state index in [1.165, 1.54) is 12.8 Å². The molecular weight excluding hydrogens is 400 g/mol. The average molecular weight is 433 g/mol. The largest absolute Gasteiger partial charge is 0.439 e. The van der Waals surface area contributed by atoms with Crippen LogP contribution in [0.3, 0.4) is 0 Å². The van der Waals surface area contributed by atoms with Crippen LogP contribution in [0.15, 0.2) is 54.9 Å². The fourth-order valence-electron chi connectivity index (χ4n) is 4.22. The topological polar surface area (TPSA) is 92.1 Å². The van der Waals surface area contributed by atoms with E-state index >= 15 is 0 Å². The first kappa shape index (κ1) is 22.0. The zero-order chi connectivity index (χ0) is 22.3. The molecule has 32 heavy (non-hydrogen) atoms. The number of aromatic nitrogens is 3. The van der Waals surface area contributed by atoms with Crippen LogP contribution in [-0.2, 0) is 0 Å². The number of aromatic amines is 1. The first-order valence-electron chi connectivity index (χ1n) is 11.2. The van der Waals surface area contributed by atoms with Gasteiger partial charge in [-0.1, -0.05) is 12.2 Å². The molecule has 0 bridgehead atoms. The fourth-order valence-corrected chi connectivity index (χ4v) is 4.22. The summed E-state index contributed by atoms with van der Waals surface area (Å²) < 4.78 is 5.96. The van der Waals surface area contributed by atoms with E-state index < -0.39 is 0 Å². The summed E-state index contributed by atoms with van der Waals surface area (Å²) in [6.45, 7) is 2.24. The molecule has 7 heteroatoms. The number of rotatable bonds is 7. The molecule has 1 fully saturated rings. The Hall–Kier alpha value is -3.16. The van der Waals surface area contributed by atoms with Gasteiger partial charge in [0, 0.05) is 54.4 Å².